The molecule has 1 aromatic carbocycles. The van der Waals surface area contributed by atoms with E-state index in [0.29, 0.717) is 19.0 Å². The molecule has 0 saturated carbocycles. The summed E-state index contributed by atoms with van der Waals surface area (Å²) in [5.41, 5.74) is 8.68. The molecule has 0 unspecified atom stereocenters. The van der Waals surface area contributed by atoms with Crippen LogP contribution in [0.25, 0.3) is 0 Å². The van der Waals surface area contributed by atoms with Crippen LogP contribution in [0, 0.1) is 0 Å². The van der Waals surface area contributed by atoms with Crippen molar-refractivity contribution in [1.29, 1.82) is 0 Å². The third-order valence-corrected chi connectivity index (χ3v) is 2.42. The highest BCUT2D eigenvalue weighted by Crippen LogP contribution is 2.20. The first-order valence-corrected chi connectivity index (χ1v) is 5.08. The number of anilines is 1. The van der Waals surface area contributed by atoms with Crippen LogP contribution in [0.4, 0.5) is 5.69 Å². The van der Waals surface area contributed by atoms with E-state index in [0.717, 1.165) is 16.8 Å². The van der Waals surface area contributed by atoms with Crippen molar-refractivity contribution in [3.05, 3.63) is 29.3 Å². The topological polar surface area (TPSA) is 79.5 Å². The number of hydrogen-bond donors (Lipinski definition) is 3. The Morgan fingerprint density at radius 2 is 2.44 bits per heavy atom. The SMILES string of the molecule is CC(=O)NCc1ccc2c(c1)NCN=C2N. The minimum absolute atomic E-state index is 0.0354. The predicted molar refractivity (Wildman–Crippen MR) is 63.2 cm³/mol. The second kappa shape index (κ2) is 4.22. The number of nitrogens with one attached hydrogen (secondary N) is 2. The van der Waals surface area contributed by atoms with Gasteiger partial charge in [-0.25, -0.2) is 4.99 Å². The van der Waals surface area contributed by atoms with Crippen molar-refractivity contribution < 1.29 is 4.79 Å². The molecule has 0 spiro atoms. The maximum Gasteiger partial charge on any atom is 0.217 e. The molecule has 1 heterocycles. The number of hydrogen-bond acceptors (Lipinski definition) is 4. The summed E-state index contributed by atoms with van der Waals surface area (Å²) >= 11 is 0. The minimum Gasteiger partial charge on any atom is -0.383 e. The first-order chi connectivity index (χ1) is 7.66. The lowest BCUT2D eigenvalue weighted by Gasteiger charge is -2.17. The summed E-state index contributed by atoms with van der Waals surface area (Å²) in [5, 5.41) is 5.89. The quantitative estimate of drug-likeness (QED) is 0.672. The zero-order valence-electron chi connectivity index (χ0n) is 9.08. The fourth-order valence-electron chi connectivity index (χ4n) is 1.59. The molecule has 0 fully saturated rings. The van der Waals surface area contributed by atoms with E-state index in [1.165, 1.54) is 6.92 Å². The van der Waals surface area contributed by atoms with Gasteiger partial charge in [-0.1, -0.05) is 6.07 Å². The Labute approximate surface area is 93.7 Å². The van der Waals surface area contributed by atoms with E-state index in [1.807, 2.05) is 18.2 Å². The lowest BCUT2D eigenvalue weighted by Crippen LogP contribution is -2.23. The molecule has 0 aliphatic carbocycles. The van der Waals surface area contributed by atoms with Gasteiger partial charge in [0.2, 0.25) is 5.91 Å². The molecule has 1 aliphatic heterocycles. The first-order valence-electron chi connectivity index (χ1n) is 5.08. The van der Waals surface area contributed by atoms with Gasteiger partial charge in [-0.3, -0.25) is 4.79 Å². The Balaban J connectivity index is 2.19. The molecule has 1 aliphatic rings. The van der Waals surface area contributed by atoms with Gasteiger partial charge in [-0.2, -0.15) is 0 Å². The molecule has 16 heavy (non-hydrogen) atoms. The van der Waals surface area contributed by atoms with Crippen LogP contribution in [0.3, 0.4) is 0 Å². The maximum atomic E-state index is 10.8. The molecule has 5 nitrogen and oxygen atoms in total. The Kier molecular flexibility index (Phi) is 2.76. The van der Waals surface area contributed by atoms with Crippen LogP contribution in [0.15, 0.2) is 23.2 Å². The van der Waals surface area contributed by atoms with Crippen LogP contribution in [-0.4, -0.2) is 18.4 Å². The molecule has 2 rings (SSSR count). The number of nitrogens with zero attached hydrogens (tertiary/aromatic N) is 1. The third kappa shape index (κ3) is 2.13. The second-order valence-corrected chi connectivity index (χ2v) is 3.67. The van der Waals surface area contributed by atoms with Gasteiger partial charge in [0, 0.05) is 24.7 Å². The van der Waals surface area contributed by atoms with Gasteiger partial charge >= 0.3 is 0 Å². The summed E-state index contributed by atoms with van der Waals surface area (Å²) in [6, 6.07) is 5.83. The summed E-state index contributed by atoms with van der Waals surface area (Å²) in [4.78, 5) is 14.9. The highest BCUT2D eigenvalue weighted by atomic mass is 16.1. The van der Waals surface area contributed by atoms with Crippen LogP contribution in [0.5, 0.6) is 0 Å². The summed E-state index contributed by atoms with van der Waals surface area (Å²) in [5.74, 6) is 0.520. The number of aliphatic imine (C=N–C) groups is 1. The highest BCUT2D eigenvalue weighted by molar-refractivity contribution is 6.03. The van der Waals surface area contributed by atoms with Gasteiger partial charge in [0.15, 0.2) is 0 Å². The van der Waals surface area contributed by atoms with Crippen molar-refractivity contribution in [3.63, 3.8) is 0 Å². The van der Waals surface area contributed by atoms with Gasteiger partial charge in [-0.15, -0.1) is 0 Å². The average Bonchev–Trinajstić information content (AvgIpc) is 2.26. The van der Waals surface area contributed by atoms with Crippen LogP contribution in [-0.2, 0) is 11.3 Å². The van der Waals surface area contributed by atoms with Crippen LogP contribution in [0.1, 0.15) is 18.1 Å². The summed E-state index contributed by atoms with van der Waals surface area (Å²) in [7, 11) is 0. The number of nitrogens with two attached hydrogens (primary N) is 1. The van der Waals surface area contributed by atoms with Crippen molar-refractivity contribution in [2.45, 2.75) is 13.5 Å². The zero-order chi connectivity index (χ0) is 11.5. The standard InChI is InChI=1S/C11H14N4O/c1-7(16)13-5-8-2-3-9-10(4-8)14-6-15-11(9)12/h2-4,14H,5-6H2,1H3,(H2,12,15)(H,13,16). The van der Waals surface area contributed by atoms with E-state index in [9.17, 15) is 4.79 Å². The normalized spacial score (nSPS) is 13.4. The molecule has 5 heteroatoms. The fraction of sp³-hybridized carbons (Fsp3) is 0.273. The van der Waals surface area contributed by atoms with Crippen molar-refractivity contribution in [3.8, 4) is 0 Å². The Bertz CT molecular complexity index is 453. The van der Waals surface area contributed by atoms with E-state index in [4.69, 9.17) is 5.73 Å². The van der Waals surface area contributed by atoms with E-state index in [1.54, 1.807) is 0 Å². The summed E-state index contributed by atoms with van der Waals surface area (Å²) < 4.78 is 0. The monoisotopic (exact) mass is 218 g/mol. The van der Waals surface area contributed by atoms with Gasteiger partial charge in [-0.05, 0) is 17.7 Å². The zero-order valence-corrected chi connectivity index (χ0v) is 9.08. The predicted octanol–water partition coefficient (Wildman–Crippen LogP) is 0.411. The van der Waals surface area contributed by atoms with Crippen molar-refractivity contribution in [2.24, 2.45) is 10.7 Å². The molecule has 0 radical (unpaired) electrons. The van der Waals surface area contributed by atoms with Gasteiger partial charge < -0.3 is 16.4 Å². The third-order valence-electron chi connectivity index (χ3n) is 2.42. The lowest BCUT2D eigenvalue weighted by molar-refractivity contribution is -0.119. The Morgan fingerprint density at radius 1 is 1.62 bits per heavy atom. The molecule has 1 aromatic rings. The summed E-state index contributed by atoms with van der Waals surface area (Å²) in [6.45, 7) is 2.53. The van der Waals surface area contributed by atoms with Crippen molar-refractivity contribution in [1.82, 2.24) is 5.32 Å². The number of benzene rings is 1. The highest BCUT2D eigenvalue weighted by Gasteiger charge is 2.10. The molecule has 84 valence electrons. The van der Waals surface area contributed by atoms with Crippen molar-refractivity contribution >= 4 is 17.4 Å². The molecule has 4 N–H and O–H groups in total. The first kappa shape index (κ1) is 10.5. The maximum absolute atomic E-state index is 10.8. The van der Waals surface area contributed by atoms with E-state index in [-0.39, 0.29) is 5.91 Å². The van der Waals surface area contributed by atoms with Gasteiger partial charge in [0.1, 0.15) is 12.5 Å². The fourth-order valence-corrected chi connectivity index (χ4v) is 1.59. The largest absolute Gasteiger partial charge is 0.383 e. The smallest absolute Gasteiger partial charge is 0.217 e. The molecular weight excluding hydrogens is 204 g/mol. The lowest BCUT2D eigenvalue weighted by atomic mass is 10.1. The molecular formula is C11H14N4O. The Hall–Kier alpha value is -2.04. The minimum atomic E-state index is -0.0354. The number of carbonyl (C=O) groups excluding carboxylic acids is 1. The molecule has 0 bridgehead atoms. The number of fused-ring (bicyclic) bond motifs is 1. The molecule has 0 saturated heterocycles. The van der Waals surface area contributed by atoms with E-state index < -0.39 is 0 Å². The van der Waals surface area contributed by atoms with E-state index in [2.05, 4.69) is 15.6 Å². The molecule has 1 amide bonds. The Morgan fingerprint density at radius 3 is 3.19 bits per heavy atom. The number of amidine groups is 1. The summed E-state index contributed by atoms with van der Waals surface area (Å²) in [6.07, 6.45) is 0. The van der Waals surface area contributed by atoms with Crippen LogP contribution >= 0.6 is 0 Å². The van der Waals surface area contributed by atoms with Crippen LogP contribution < -0.4 is 16.4 Å². The average molecular weight is 218 g/mol. The second-order valence-electron chi connectivity index (χ2n) is 3.67. The van der Waals surface area contributed by atoms with Crippen LogP contribution in [0.2, 0.25) is 0 Å². The van der Waals surface area contributed by atoms with E-state index >= 15 is 0 Å². The van der Waals surface area contributed by atoms with Gasteiger partial charge in [0.25, 0.3) is 0 Å². The number of amides is 1. The molecule has 0 aromatic heterocycles. The van der Waals surface area contributed by atoms with Crippen molar-refractivity contribution in [2.75, 3.05) is 12.0 Å². The number of carbonyl (C=O) groups is 1. The number of rotatable bonds is 2. The molecule has 0 atom stereocenters. The van der Waals surface area contributed by atoms with Gasteiger partial charge in [0.05, 0.1) is 0 Å².